The first-order chi connectivity index (χ1) is 15.2. The van der Waals surface area contributed by atoms with E-state index in [0.29, 0.717) is 25.1 Å². The highest BCUT2D eigenvalue weighted by atomic mass is 32.1. The molecule has 0 N–H and O–H groups in total. The van der Waals surface area contributed by atoms with E-state index in [0.717, 1.165) is 41.3 Å². The monoisotopic (exact) mass is 434 g/mol. The summed E-state index contributed by atoms with van der Waals surface area (Å²) in [5.41, 5.74) is 2.43. The van der Waals surface area contributed by atoms with Crippen molar-refractivity contribution in [2.45, 2.75) is 32.4 Å². The number of thiophene rings is 1. The predicted octanol–water partition coefficient (Wildman–Crippen LogP) is 5.12. The lowest BCUT2D eigenvalue weighted by molar-refractivity contribution is -0.119. The van der Waals surface area contributed by atoms with Gasteiger partial charge in [-0.05, 0) is 54.6 Å². The number of amides is 2. The van der Waals surface area contributed by atoms with Crippen molar-refractivity contribution in [1.82, 2.24) is 4.90 Å². The molecule has 0 bridgehead atoms. The molecule has 0 aliphatic carbocycles. The number of hydrogen-bond acceptors (Lipinski definition) is 4. The van der Waals surface area contributed by atoms with Crippen molar-refractivity contribution in [1.29, 1.82) is 0 Å². The second-order valence-corrected chi connectivity index (χ2v) is 8.63. The van der Waals surface area contributed by atoms with Gasteiger partial charge in [0.15, 0.2) is 0 Å². The van der Waals surface area contributed by atoms with E-state index in [4.69, 9.17) is 4.74 Å². The number of piperidine rings is 1. The van der Waals surface area contributed by atoms with Crippen molar-refractivity contribution < 1.29 is 14.3 Å². The van der Waals surface area contributed by atoms with Gasteiger partial charge in [-0.1, -0.05) is 24.3 Å². The number of methoxy groups -OCH3 is 1. The minimum atomic E-state index is -0.0455. The van der Waals surface area contributed by atoms with Crippen molar-refractivity contribution in [2.24, 2.45) is 0 Å². The minimum Gasteiger partial charge on any atom is -0.496 e. The van der Waals surface area contributed by atoms with Crippen LogP contribution in [0, 0.1) is 0 Å². The summed E-state index contributed by atoms with van der Waals surface area (Å²) >= 11 is 1.64. The number of rotatable bonds is 7. The Hall–Kier alpha value is -3.12. The summed E-state index contributed by atoms with van der Waals surface area (Å²) < 4.78 is 5.49. The van der Waals surface area contributed by atoms with Gasteiger partial charge in [0, 0.05) is 34.7 Å². The first-order valence-electron chi connectivity index (χ1n) is 10.5. The number of carbonyl (C=O) groups excluding carboxylic acids is 2. The molecule has 1 aromatic heterocycles. The van der Waals surface area contributed by atoms with Crippen molar-refractivity contribution in [3.05, 3.63) is 82.0 Å². The number of para-hydroxylation sites is 1. The van der Waals surface area contributed by atoms with Crippen LogP contribution in [0.25, 0.3) is 0 Å². The first-order valence-corrected chi connectivity index (χ1v) is 11.4. The maximum atomic E-state index is 13.4. The van der Waals surface area contributed by atoms with Gasteiger partial charge in [-0.25, -0.2) is 0 Å². The van der Waals surface area contributed by atoms with Gasteiger partial charge in [0.2, 0.25) is 5.91 Å². The number of carbonyl (C=O) groups is 2. The molecule has 31 heavy (non-hydrogen) atoms. The zero-order chi connectivity index (χ0) is 21.6. The highest BCUT2D eigenvalue weighted by Crippen LogP contribution is 2.25. The van der Waals surface area contributed by atoms with Crippen LogP contribution in [0.4, 0.5) is 5.69 Å². The Bertz CT molecular complexity index is 1030. The molecule has 160 valence electrons. The molecule has 1 aliphatic heterocycles. The summed E-state index contributed by atoms with van der Waals surface area (Å²) in [5.74, 6) is 0.877. The Morgan fingerprint density at radius 2 is 1.84 bits per heavy atom. The third-order valence-electron chi connectivity index (χ3n) is 5.52. The lowest BCUT2D eigenvalue weighted by Gasteiger charge is -2.27. The fourth-order valence-electron chi connectivity index (χ4n) is 3.87. The Kier molecular flexibility index (Phi) is 6.67. The summed E-state index contributed by atoms with van der Waals surface area (Å²) in [4.78, 5) is 30.4. The molecule has 6 heteroatoms. The van der Waals surface area contributed by atoms with Crippen LogP contribution in [-0.2, 0) is 17.9 Å². The van der Waals surface area contributed by atoms with E-state index in [1.807, 2.05) is 75.8 Å². The van der Waals surface area contributed by atoms with Gasteiger partial charge in [-0.2, -0.15) is 0 Å². The molecule has 0 radical (unpaired) electrons. The fourth-order valence-corrected chi connectivity index (χ4v) is 4.59. The van der Waals surface area contributed by atoms with Crippen LogP contribution in [-0.4, -0.2) is 30.4 Å². The maximum Gasteiger partial charge on any atom is 0.254 e. The van der Waals surface area contributed by atoms with Gasteiger partial charge in [0.1, 0.15) is 5.75 Å². The minimum absolute atomic E-state index is 0.0455. The summed E-state index contributed by atoms with van der Waals surface area (Å²) in [6.45, 7) is 1.72. The quantitative estimate of drug-likeness (QED) is 0.519. The number of nitrogens with zero attached hydrogens (tertiary/aromatic N) is 2. The molecule has 2 heterocycles. The molecule has 1 aliphatic rings. The van der Waals surface area contributed by atoms with E-state index >= 15 is 0 Å². The summed E-state index contributed by atoms with van der Waals surface area (Å²) in [6.07, 6.45) is 2.56. The topological polar surface area (TPSA) is 49.9 Å². The number of anilines is 1. The normalized spacial score (nSPS) is 13.8. The second-order valence-electron chi connectivity index (χ2n) is 7.60. The molecule has 0 unspecified atom stereocenters. The van der Waals surface area contributed by atoms with Crippen molar-refractivity contribution in [2.75, 3.05) is 18.6 Å². The summed E-state index contributed by atoms with van der Waals surface area (Å²) in [7, 11) is 1.64. The summed E-state index contributed by atoms with van der Waals surface area (Å²) in [6, 6.07) is 19.2. The molecule has 1 saturated heterocycles. The lowest BCUT2D eigenvalue weighted by Crippen LogP contribution is -2.35. The van der Waals surface area contributed by atoms with E-state index in [1.165, 1.54) is 0 Å². The van der Waals surface area contributed by atoms with Crippen LogP contribution >= 0.6 is 11.3 Å². The van der Waals surface area contributed by atoms with Crippen molar-refractivity contribution in [3.8, 4) is 5.75 Å². The Morgan fingerprint density at radius 1 is 1.03 bits per heavy atom. The fraction of sp³-hybridized carbons (Fsp3) is 0.280. The molecule has 0 atom stereocenters. The highest BCUT2D eigenvalue weighted by Gasteiger charge is 2.22. The third-order valence-corrected chi connectivity index (χ3v) is 6.38. The second kappa shape index (κ2) is 9.79. The summed E-state index contributed by atoms with van der Waals surface area (Å²) in [5, 5.41) is 2.02. The van der Waals surface area contributed by atoms with Gasteiger partial charge >= 0.3 is 0 Å². The van der Waals surface area contributed by atoms with Crippen molar-refractivity contribution in [3.63, 3.8) is 0 Å². The van der Waals surface area contributed by atoms with Gasteiger partial charge in [-0.15, -0.1) is 11.3 Å². The Morgan fingerprint density at radius 3 is 2.55 bits per heavy atom. The van der Waals surface area contributed by atoms with Crippen LogP contribution in [0.15, 0.2) is 66.0 Å². The average molecular weight is 435 g/mol. The highest BCUT2D eigenvalue weighted by molar-refractivity contribution is 7.09. The van der Waals surface area contributed by atoms with E-state index in [1.54, 1.807) is 18.4 Å². The average Bonchev–Trinajstić information content (AvgIpc) is 3.32. The largest absolute Gasteiger partial charge is 0.496 e. The van der Waals surface area contributed by atoms with Crippen LogP contribution in [0.5, 0.6) is 5.75 Å². The number of ether oxygens (including phenoxy) is 1. The SMILES string of the molecule is COc1ccccc1CN(Cc1cccs1)C(=O)c1ccc(N2CCCCC2=O)cc1. The smallest absolute Gasteiger partial charge is 0.254 e. The maximum absolute atomic E-state index is 13.4. The van der Waals surface area contributed by atoms with Gasteiger partial charge in [0.25, 0.3) is 5.91 Å². The first kappa shape index (κ1) is 21.1. The number of hydrogen-bond donors (Lipinski definition) is 0. The molecule has 2 amide bonds. The molecule has 0 saturated carbocycles. The Balaban J connectivity index is 1.57. The Labute approximate surface area is 186 Å². The molecule has 5 nitrogen and oxygen atoms in total. The molecule has 4 rings (SSSR count). The third kappa shape index (κ3) is 4.97. The van der Waals surface area contributed by atoms with Gasteiger partial charge in [0.05, 0.1) is 20.2 Å². The van der Waals surface area contributed by atoms with E-state index in [-0.39, 0.29) is 11.8 Å². The standard InChI is InChI=1S/C25H26N2O3S/c1-30-23-9-3-2-7-20(23)17-26(18-22-8-6-16-31-22)25(29)19-11-13-21(14-12-19)27-15-5-4-10-24(27)28/h2-3,6-9,11-14,16H,4-5,10,15,17-18H2,1H3. The predicted molar refractivity (Wildman–Crippen MR) is 124 cm³/mol. The van der Waals surface area contributed by atoms with Crippen LogP contribution in [0.2, 0.25) is 0 Å². The van der Waals surface area contributed by atoms with Gasteiger partial charge in [-0.3, -0.25) is 9.59 Å². The molecule has 1 fully saturated rings. The molecular formula is C25H26N2O3S. The molecule has 0 spiro atoms. The molecular weight excluding hydrogens is 408 g/mol. The molecule has 3 aromatic rings. The van der Waals surface area contributed by atoms with Crippen LogP contribution in [0.1, 0.15) is 40.1 Å². The zero-order valence-electron chi connectivity index (χ0n) is 17.6. The van der Waals surface area contributed by atoms with Crippen LogP contribution in [0.3, 0.4) is 0 Å². The van der Waals surface area contributed by atoms with E-state index < -0.39 is 0 Å². The number of benzene rings is 2. The lowest BCUT2D eigenvalue weighted by atomic mass is 10.1. The van der Waals surface area contributed by atoms with Crippen molar-refractivity contribution >= 4 is 28.8 Å². The van der Waals surface area contributed by atoms with Gasteiger partial charge < -0.3 is 14.5 Å². The van der Waals surface area contributed by atoms with E-state index in [9.17, 15) is 9.59 Å². The van der Waals surface area contributed by atoms with Crippen LogP contribution < -0.4 is 9.64 Å². The molecule has 2 aromatic carbocycles. The zero-order valence-corrected chi connectivity index (χ0v) is 18.4. The van der Waals surface area contributed by atoms with E-state index in [2.05, 4.69) is 0 Å².